The summed E-state index contributed by atoms with van der Waals surface area (Å²) in [5, 5.41) is 9.97. The number of carbonyl (C=O) groups excluding carboxylic acids is 1. The third-order valence-electron chi connectivity index (χ3n) is 2.91. The van der Waals surface area contributed by atoms with Crippen LogP contribution in [-0.2, 0) is 4.74 Å². The van der Waals surface area contributed by atoms with Gasteiger partial charge in [0.25, 0.3) is 0 Å². The van der Waals surface area contributed by atoms with Crippen molar-refractivity contribution < 1.29 is 14.3 Å². The van der Waals surface area contributed by atoms with Crippen molar-refractivity contribution in [3.8, 4) is 6.01 Å². The standard InChI is InChI=1S/C15H25N5O3S/c1-4-7-17-15(24)18-9-6-8-16-12-11(13(21)23-5-2)10-19-14(20-12)22-3/h10H,4-9H2,1-3H3,(H,16,19,20)(H2,17,18,24). The summed E-state index contributed by atoms with van der Waals surface area (Å²) in [7, 11) is 1.47. The second kappa shape index (κ2) is 11.4. The molecule has 0 aliphatic carbocycles. The zero-order chi connectivity index (χ0) is 17.8. The molecule has 0 aromatic carbocycles. The molecule has 0 bridgehead atoms. The number of methoxy groups -OCH3 is 1. The van der Waals surface area contributed by atoms with Gasteiger partial charge in [-0.05, 0) is 32.0 Å². The summed E-state index contributed by atoms with van der Waals surface area (Å²) in [5.74, 6) is -0.0716. The molecule has 0 atom stereocenters. The Kier molecular flexibility index (Phi) is 9.44. The van der Waals surface area contributed by atoms with Crippen LogP contribution in [0.4, 0.5) is 5.82 Å². The molecule has 1 aromatic rings. The topological polar surface area (TPSA) is 97.4 Å². The van der Waals surface area contributed by atoms with E-state index in [0.717, 1.165) is 19.4 Å². The highest BCUT2D eigenvalue weighted by Gasteiger charge is 2.15. The lowest BCUT2D eigenvalue weighted by molar-refractivity contribution is 0.0526. The molecule has 0 amide bonds. The van der Waals surface area contributed by atoms with Gasteiger partial charge in [-0.25, -0.2) is 9.78 Å². The van der Waals surface area contributed by atoms with E-state index < -0.39 is 5.97 Å². The van der Waals surface area contributed by atoms with Gasteiger partial charge in [0.2, 0.25) is 0 Å². The first-order chi connectivity index (χ1) is 11.6. The van der Waals surface area contributed by atoms with Gasteiger partial charge in [0.1, 0.15) is 11.4 Å². The zero-order valence-corrected chi connectivity index (χ0v) is 15.2. The second-order valence-corrected chi connectivity index (χ2v) is 5.21. The molecular weight excluding hydrogens is 330 g/mol. The number of hydrogen-bond acceptors (Lipinski definition) is 7. The molecule has 0 saturated heterocycles. The molecule has 9 heteroatoms. The zero-order valence-electron chi connectivity index (χ0n) is 14.3. The van der Waals surface area contributed by atoms with E-state index in [2.05, 4.69) is 32.8 Å². The van der Waals surface area contributed by atoms with Gasteiger partial charge in [-0.2, -0.15) is 4.98 Å². The summed E-state index contributed by atoms with van der Waals surface area (Å²) in [5.41, 5.74) is 0.283. The molecule has 24 heavy (non-hydrogen) atoms. The number of carbonyl (C=O) groups is 1. The number of hydrogen-bond donors (Lipinski definition) is 3. The van der Waals surface area contributed by atoms with Gasteiger partial charge >= 0.3 is 12.0 Å². The normalized spacial score (nSPS) is 9.96. The molecule has 1 rings (SSSR count). The quantitative estimate of drug-likeness (QED) is 0.326. The molecule has 0 saturated carbocycles. The van der Waals surface area contributed by atoms with E-state index in [4.69, 9.17) is 21.7 Å². The number of esters is 1. The van der Waals surface area contributed by atoms with Crippen molar-refractivity contribution >= 4 is 29.1 Å². The fraction of sp³-hybridized carbons (Fsp3) is 0.600. The SMILES string of the molecule is CCCNC(=S)NCCCNc1nc(OC)ncc1C(=O)OCC. The summed E-state index contributed by atoms with van der Waals surface area (Å²) in [6.07, 6.45) is 3.21. The fourth-order valence-corrected chi connectivity index (χ4v) is 1.96. The van der Waals surface area contributed by atoms with Gasteiger partial charge in [-0.1, -0.05) is 6.92 Å². The van der Waals surface area contributed by atoms with Crippen molar-refractivity contribution in [2.24, 2.45) is 0 Å². The maximum Gasteiger partial charge on any atom is 0.343 e. The van der Waals surface area contributed by atoms with Crippen LogP contribution in [0, 0.1) is 0 Å². The summed E-state index contributed by atoms with van der Waals surface area (Å²) < 4.78 is 10.00. The predicted octanol–water partition coefficient (Wildman–Crippen LogP) is 1.34. The van der Waals surface area contributed by atoms with Crippen LogP contribution in [0.5, 0.6) is 6.01 Å². The van der Waals surface area contributed by atoms with Crippen LogP contribution in [0.3, 0.4) is 0 Å². The lowest BCUT2D eigenvalue weighted by Crippen LogP contribution is -2.36. The summed E-state index contributed by atoms with van der Waals surface area (Å²) in [4.78, 5) is 20.0. The van der Waals surface area contributed by atoms with Crippen molar-refractivity contribution in [1.29, 1.82) is 0 Å². The van der Waals surface area contributed by atoms with Crippen LogP contribution >= 0.6 is 12.2 Å². The minimum atomic E-state index is -0.467. The minimum Gasteiger partial charge on any atom is -0.467 e. The van der Waals surface area contributed by atoms with Gasteiger partial charge in [0, 0.05) is 19.6 Å². The maximum absolute atomic E-state index is 11.9. The van der Waals surface area contributed by atoms with E-state index in [1.54, 1.807) is 6.92 Å². The Balaban J connectivity index is 2.50. The largest absolute Gasteiger partial charge is 0.467 e. The third-order valence-corrected chi connectivity index (χ3v) is 3.20. The Labute approximate surface area is 147 Å². The Morgan fingerprint density at radius 1 is 1.25 bits per heavy atom. The molecule has 0 aliphatic heterocycles. The van der Waals surface area contributed by atoms with Crippen LogP contribution in [-0.4, -0.2) is 54.4 Å². The first-order valence-corrected chi connectivity index (χ1v) is 8.36. The highest BCUT2D eigenvalue weighted by Crippen LogP contribution is 2.16. The highest BCUT2D eigenvalue weighted by atomic mass is 32.1. The van der Waals surface area contributed by atoms with E-state index >= 15 is 0 Å². The Hall–Kier alpha value is -2.16. The molecule has 0 aliphatic rings. The van der Waals surface area contributed by atoms with Crippen molar-refractivity contribution in [2.75, 3.05) is 38.7 Å². The predicted molar refractivity (Wildman–Crippen MR) is 96.5 cm³/mol. The van der Waals surface area contributed by atoms with E-state index in [9.17, 15) is 4.79 Å². The Morgan fingerprint density at radius 3 is 2.67 bits per heavy atom. The van der Waals surface area contributed by atoms with Crippen LogP contribution < -0.4 is 20.7 Å². The van der Waals surface area contributed by atoms with Crippen LogP contribution in [0.15, 0.2) is 6.20 Å². The average Bonchev–Trinajstić information content (AvgIpc) is 2.59. The molecule has 1 heterocycles. The monoisotopic (exact) mass is 355 g/mol. The van der Waals surface area contributed by atoms with E-state index in [1.807, 2.05) is 0 Å². The average molecular weight is 355 g/mol. The molecular formula is C15H25N5O3S. The fourth-order valence-electron chi connectivity index (χ4n) is 1.76. The van der Waals surface area contributed by atoms with Crippen molar-refractivity contribution in [2.45, 2.75) is 26.7 Å². The number of ether oxygens (including phenoxy) is 2. The number of nitrogens with one attached hydrogen (secondary N) is 3. The van der Waals surface area contributed by atoms with E-state index in [0.29, 0.717) is 24.0 Å². The second-order valence-electron chi connectivity index (χ2n) is 4.80. The van der Waals surface area contributed by atoms with Crippen LogP contribution in [0.25, 0.3) is 0 Å². The van der Waals surface area contributed by atoms with Crippen molar-refractivity contribution in [1.82, 2.24) is 20.6 Å². The highest BCUT2D eigenvalue weighted by molar-refractivity contribution is 7.80. The summed E-state index contributed by atoms with van der Waals surface area (Å²) >= 11 is 5.14. The van der Waals surface area contributed by atoms with E-state index in [1.165, 1.54) is 13.3 Å². The van der Waals surface area contributed by atoms with Gasteiger partial charge in [0.05, 0.1) is 19.9 Å². The van der Waals surface area contributed by atoms with Gasteiger partial charge in [-0.3, -0.25) is 0 Å². The Bertz CT molecular complexity index is 542. The molecule has 0 radical (unpaired) electrons. The Morgan fingerprint density at radius 2 is 2.00 bits per heavy atom. The van der Waals surface area contributed by atoms with Crippen molar-refractivity contribution in [3.05, 3.63) is 11.8 Å². The van der Waals surface area contributed by atoms with Gasteiger partial charge in [-0.15, -0.1) is 0 Å². The summed E-state index contributed by atoms with van der Waals surface area (Å²) in [6, 6.07) is 0.189. The van der Waals surface area contributed by atoms with E-state index in [-0.39, 0.29) is 18.2 Å². The number of rotatable bonds is 10. The maximum atomic E-state index is 11.9. The molecule has 3 N–H and O–H groups in total. The first kappa shape index (κ1) is 19.9. The van der Waals surface area contributed by atoms with Crippen molar-refractivity contribution in [3.63, 3.8) is 0 Å². The number of nitrogens with zero attached hydrogens (tertiary/aromatic N) is 2. The molecule has 1 aromatic heterocycles. The number of aromatic nitrogens is 2. The molecule has 0 spiro atoms. The third kappa shape index (κ3) is 6.95. The van der Waals surface area contributed by atoms with Gasteiger partial charge < -0.3 is 25.4 Å². The summed E-state index contributed by atoms with van der Waals surface area (Å²) in [6.45, 7) is 6.28. The first-order valence-electron chi connectivity index (χ1n) is 7.96. The molecule has 134 valence electrons. The molecule has 0 unspecified atom stereocenters. The lowest BCUT2D eigenvalue weighted by atomic mass is 10.3. The number of thiocarbonyl (C=S) groups is 1. The molecule has 0 fully saturated rings. The van der Waals surface area contributed by atoms with Crippen LogP contribution in [0.1, 0.15) is 37.0 Å². The smallest absolute Gasteiger partial charge is 0.343 e. The minimum absolute atomic E-state index is 0.189. The molecule has 8 nitrogen and oxygen atoms in total. The number of anilines is 1. The lowest BCUT2D eigenvalue weighted by Gasteiger charge is -2.12. The van der Waals surface area contributed by atoms with Gasteiger partial charge in [0.15, 0.2) is 5.11 Å². The van der Waals surface area contributed by atoms with Crippen LogP contribution in [0.2, 0.25) is 0 Å².